The van der Waals surface area contributed by atoms with Crippen LogP contribution < -0.4 is 0 Å². The molecule has 3 heteroatoms. The minimum absolute atomic E-state index is 0.542. The first-order chi connectivity index (χ1) is 8.20. The lowest BCUT2D eigenvalue weighted by Crippen LogP contribution is -1.86. The lowest BCUT2D eigenvalue weighted by Gasteiger charge is -2.03. The minimum Gasteiger partial charge on any atom is -0.241 e. The highest BCUT2D eigenvalue weighted by Crippen LogP contribution is 2.26. The summed E-state index contributed by atoms with van der Waals surface area (Å²) in [5.41, 5.74) is 4.74. The van der Waals surface area contributed by atoms with Crippen LogP contribution >= 0.6 is 11.3 Å². The number of hydrogen-bond acceptors (Lipinski definition) is 3. The fourth-order valence-corrected chi connectivity index (χ4v) is 2.61. The second-order valence-corrected chi connectivity index (χ2v) is 5.05. The SMILES string of the molecule is Cc1ccc(-c2csc(CCC#N)n2)c(C)c1. The average molecular weight is 242 g/mol. The average Bonchev–Trinajstić information content (AvgIpc) is 2.75. The quantitative estimate of drug-likeness (QED) is 0.819. The molecule has 0 radical (unpaired) electrons. The maximum Gasteiger partial charge on any atom is 0.0942 e. The van der Waals surface area contributed by atoms with Gasteiger partial charge in [-0.1, -0.05) is 23.8 Å². The molecule has 0 unspecified atom stereocenters. The van der Waals surface area contributed by atoms with Crippen LogP contribution in [-0.4, -0.2) is 4.98 Å². The van der Waals surface area contributed by atoms with Gasteiger partial charge in [-0.05, 0) is 19.4 Å². The van der Waals surface area contributed by atoms with Gasteiger partial charge in [0.15, 0.2) is 0 Å². The third-order valence-electron chi connectivity index (χ3n) is 2.66. The highest BCUT2D eigenvalue weighted by Gasteiger charge is 2.06. The molecule has 0 spiro atoms. The molecule has 0 N–H and O–H groups in total. The molecule has 17 heavy (non-hydrogen) atoms. The van der Waals surface area contributed by atoms with Crippen molar-refractivity contribution in [1.29, 1.82) is 5.26 Å². The summed E-state index contributed by atoms with van der Waals surface area (Å²) in [4.78, 5) is 4.58. The van der Waals surface area contributed by atoms with Crippen LogP contribution in [-0.2, 0) is 6.42 Å². The Bertz CT molecular complexity index is 564. The van der Waals surface area contributed by atoms with Crippen molar-refractivity contribution in [3.63, 3.8) is 0 Å². The van der Waals surface area contributed by atoms with E-state index in [9.17, 15) is 0 Å². The van der Waals surface area contributed by atoms with E-state index in [0.29, 0.717) is 6.42 Å². The zero-order valence-corrected chi connectivity index (χ0v) is 10.8. The van der Waals surface area contributed by atoms with Gasteiger partial charge >= 0.3 is 0 Å². The standard InChI is InChI=1S/C14H14N2S/c1-10-5-6-12(11(2)8-10)13-9-17-14(16-13)4-3-7-15/h5-6,8-9H,3-4H2,1-2H3. The Morgan fingerprint density at radius 1 is 1.35 bits per heavy atom. The molecule has 2 aromatic rings. The fourth-order valence-electron chi connectivity index (χ4n) is 1.81. The number of aryl methyl sites for hydroxylation is 3. The van der Waals surface area contributed by atoms with E-state index in [0.717, 1.165) is 17.1 Å². The van der Waals surface area contributed by atoms with Crippen LogP contribution in [0, 0.1) is 25.2 Å². The number of hydrogen-bond donors (Lipinski definition) is 0. The molecule has 86 valence electrons. The van der Waals surface area contributed by atoms with Crippen molar-refractivity contribution >= 4 is 11.3 Å². The molecule has 0 fully saturated rings. The summed E-state index contributed by atoms with van der Waals surface area (Å²) >= 11 is 1.64. The molecule has 0 bridgehead atoms. The number of nitrogens with zero attached hydrogens (tertiary/aromatic N) is 2. The van der Waals surface area contributed by atoms with Crippen LogP contribution in [0.5, 0.6) is 0 Å². The predicted molar refractivity (Wildman–Crippen MR) is 71.0 cm³/mol. The normalized spacial score (nSPS) is 10.2. The summed E-state index contributed by atoms with van der Waals surface area (Å²) in [6.45, 7) is 4.20. The summed E-state index contributed by atoms with van der Waals surface area (Å²) in [5.74, 6) is 0. The van der Waals surface area contributed by atoms with Crippen LogP contribution in [0.15, 0.2) is 23.6 Å². The number of aromatic nitrogens is 1. The Hall–Kier alpha value is -1.66. The van der Waals surface area contributed by atoms with E-state index >= 15 is 0 Å². The number of thiazole rings is 1. The molecule has 0 atom stereocenters. The monoisotopic (exact) mass is 242 g/mol. The Morgan fingerprint density at radius 2 is 2.18 bits per heavy atom. The van der Waals surface area contributed by atoms with Crippen molar-refractivity contribution in [2.45, 2.75) is 26.7 Å². The summed E-state index contributed by atoms with van der Waals surface area (Å²) < 4.78 is 0. The molecular weight excluding hydrogens is 228 g/mol. The molecule has 1 aromatic carbocycles. The summed E-state index contributed by atoms with van der Waals surface area (Å²) in [5, 5.41) is 11.7. The van der Waals surface area contributed by atoms with E-state index in [1.54, 1.807) is 11.3 Å². The molecule has 1 heterocycles. The molecular formula is C14H14N2S. The Labute approximate surface area is 106 Å². The molecule has 0 aliphatic rings. The van der Waals surface area contributed by atoms with E-state index in [4.69, 9.17) is 5.26 Å². The molecule has 1 aromatic heterocycles. The van der Waals surface area contributed by atoms with Gasteiger partial charge in [0.1, 0.15) is 0 Å². The summed E-state index contributed by atoms with van der Waals surface area (Å²) in [7, 11) is 0. The Morgan fingerprint density at radius 3 is 2.88 bits per heavy atom. The molecule has 2 nitrogen and oxygen atoms in total. The van der Waals surface area contributed by atoms with Gasteiger partial charge in [0.2, 0.25) is 0 Å². The minimum atomic E-state index is 0.542. The van der Waals surface area contributed by atoms with Crippen molar-refractivity contribution < 1.29 is 0 Å². The third-order valence-corrected chi connectivity index (χ3v) is 3.57. The van der Waals surface area contributed by atoms with Crippen LogP contribution in [0.4, 0.5) is 0 Å². The zero-order chi connectivity index (χ0) is 12.3. The van der Waals surface area contributed by atoms with Crippen molar-refractivity contribution in [3.8, 4) is 17.3 Å². The van der Waals surface area contributed by atoms with Gasteiger partial charge in [0.25, 0.3) is 0 Å². The molecule has 0 aliphatic heterocycles. The van der Waals surface area contributed by atoms with Crippen LogP contribution in [0.25, 0.3) is 11.3 Å². The van der Waals surface area contributed by atoms with Gasteiger partial charge in [-0.15, -0.1) is 11.3 Å². The van der Waals surface area contributed by atoms with Gasteiger partial charge in [-0.3, -0.25) is 0 Å². The second kappa shape index (κ2) is 5.11. The van der Waals surface area contributed by atoms with Crippen LogP contribution in [0.1, 0.15) is 22.6 Å². The van der Waals surface area contributed by atoms with Crippen molar-refractivity contribution in [1.82, 2.24) is 4.98 Å². The number of rotatable bonds is 3. The number of benzene rings is 1. The molecule has 0 aliphatic carbocycles. The topological polar surface area (TPSA) is 36.7 Å². The fraction of sp³-hybridized carbons (Fsp3) is 0.286. The smallest absolute Gasteiger partial charge is 0.0942 e. The van der Waals surface area contributed by atoms with Crippen molar-refractivity contribution in [2.75, 3.05) is 0 Å². The summed E-state index contributed by atoms with van der Waals surface area (Å²) in [6.07, 6.45) is 1.30. The van der Waals surface area contributed by atoms with Gasteiger partial charge in [-0.2, -0.15) is 5.26 Å². The van der Waals surface area contributed by atoms with E-state index in [1.165, 1.54) is 16.7 Å². The first-order valence-corrected chi connectivity index (χ1v) is 6.47. The van der Waals surface area contributed by atoms with Crippen LogP contribution in [0.2, 0.25) is 0 Å². The van der Waals surface area contributed by atoms with Crippen molar-refractivity contribution in [3.05, 3.63) is 39.7 Å². The first-order valence-electron chi connectivity index (χ1n) is 5.59. The van der Waals surface area contributed by atoms with Crippen molar-refractivity contribution in [2.24, 2.45) is 0 Å². The molecule has 0 saturated heterocycles. The second-order valence-electron chi connectivity index (χ2n) is 4.10. The molecule has 2 rings (SSSR count). The maximum absolute atomic E-state index is 8.55. The van der Waals surface area contributed by atoms with E-state index in [-0.39, 0.29) is 0 Å². The first kappa shape index (κ1) is 11.8. The van der Waals surface area contributed by atoms with E-state index < -0.39 is 0 Å². The van der Waals surface area contributed by atoms with Gasteiger partial charge in [0.05, 0.1) is 16.8 Å². The van der Waals surface area contributed by atoms with Gasteiger partial charge in [-0.25, -0.2) is 4.98 Å². The number of nitriles is 1. The zero-order valence-electron chi connectivity index (χ0n) is 10.0. The lowest BCUT2D eigenvalue weighted by atomic mass is 10.0. The largest absolute Gasteiger partial charge is 0.241 e. The van der Waals surface area contributed by atoms with E-state index in [1.807, 2.05) is 0 Å². The third kappa shape index (κ3) is 2.72. The van der Waals surface area contributed by atoms with E-state index in [2.05, 4.69) is 48.5 Å². The Kier molecular flexibility index (Phi) is 3.55. The maximum atomic E-state index is 8.55. The van der Waals surface area contributed by atoms with Crippen LogP contribution in [0.3, 0.4) is 0 Å². The molecule has 0 saturated carbocycles. The summed E-state index contributed by atoms with van der Waals surface area (Å²) in [6, 6.07) is 8.55. The highest BCUT2D eigenvalue weighted by atomic mass is 32.1. The highest BCUT2D eigenvalue weighted by molar-refractivity contribution is 7.09. The Balaban J connectivity index is 2.28. The van der Waals surface area contributed by atoms with Gasteiger partial charge in [0, 0.05) is 23.8 Å². The predicted octanol–water partition coefficient (Wildman–Crippen LogP) is 3.88. The lowest BCUT2D eigenvalue weighted by molar-refractivity contribution is 0.990. The van der Waals surface area contributed by atoms with Gasteiger partial charge < -0.3 is 0 Å². The molecule has 0 amide bonds.